The van der Waals surface area contributed by atoms with Gasteiger partial charge in [0.15, 0.2) is 46.0 Å². The van der Waals surface area contributed by atoms with Gasteiger partial charge in [0.25, 0.3) is 0 Å². The molecule has 6 aliphatic rings. The zero-order valence-corrected chi connectivity index (χ0v) is 34.5. The number of aromatic hydroxyl groups is 2. The molecule has 0 saturated carbocycles. The Labute approximate surface area is 356 Å². The standard InChI is InChI=1S/C46H46O16/c1-51-33-9-21(10-34(52-2)41(33)47)37-23-13-29-31(61-19-59-29)15-25(23)43(27-17-57-45(49)39(27)37)55-7-5-6-8-56-44-26-16-32-30(60-20-62-32)14-24(26)38(40-28(44)18-58-46(40)50)22-11-35(53-3)42(48)36(12-22)54-4/h9-16,27-28,37-40,43-44,47-48H,5-8,17-20H2,1-4H3/t27-,28-,37+,38+,39-,40-,43+,44+/m0/s1. The molecule has 4 aromatic rings. The Bertz CT molecular complexity index is 2210. The smallest absolute Gasteiger partial charge is 0.310 e. The van der Waals surface area contributed by atoms with Crippen molar-refractivity contribution in [3.8, 4) is 57.5 Å². The molecule has 2 saturated heterocycles. The number of phenols is 2. The number of unbranched alkanes of at least 4 members (excludes halogenated alkanes) is 1. The van der Waals surface area contributed by atoms with Crippen LogP contribution >= 0.6 is 0 Å². The Morgan fingerprint density at radius 3 is 1.18 bits per heavy atom. The Hall–Kier alpha value is -6.26. The van der Waals surface area contributed by atoms with Crippen molar-refractivity contribution >= 4 is 11.9 Å². The van der Waals surface area contributed by atoms with E-state index in [0.717, 1.165) is 22.3 Å². The molecule has 4 aliphatic heterocycles. The van der Waals surface area contributed by atoms with Crippen LogP contribution in [0.25, 0.3) is 0 Å². The number of ether oxygens (including phenoxy) is 12. The van der Waals surface area contributed by atoms with Crippen molar-refractivity contribution in [1.82, 2.24) is 0 Å². The summed E-state index contributed by atoms with van der Waals surface area (Å²) in [6.07, 6.45) is 0.247. The van der Waals surface area contributed by atoms with Gasteiger partial charge in [-0.25, -0.2) is 0 Å². The molecule has 0 spiro atoms. The summed E-state index contributed by atoms with van der Waals surface area (Å²) in [4.78, 5) is 27.2. The lowest BCUT2D eigenvalue weighted by atomic mass is 9.66. The molecule has 2 fully saturated rings. The fraction of sp³-hybridized carbons (Fsp3) is 0.435. The van der Waals surface area contributed by atoms with Crippen LogP contribution in [0.5, 0.6) is 57.5 Å². The first-order valence-corrected chi connectivity index (χ1v) is 20.6. The van der Waals surface area contributed by atoms with Crippen LogP contribution in [0.3, 0.4) is 0 Å². The van der Waals surface area contributed by atoms with Crippen molar-refractivity contribution in [3.05, 3.63) is 81.9 Å². The molecule has 16 heteroatoms. The van der Waals surface area contributed by atoms with Crippen LogP contribution in [0.1, 0.15) is 70.3 Å². The number of esters is 2. The number of fused-ring (bicyclic) bond motifs is 6. The second kappa shape index (κ2) is 15.9. The summed E-state index contributed by atoms with van der Waals surface area (Å²) in [5.41, 5.74) is 4.77. The minimum Gasteiger partial charge on any atom is -0.502 e. The number of hydrogen-bond donors (Lipinski definition) is 2. The average Bonchev–Trinajstić information content (AvgIpc) is 4.11. The Morgan fingerprint density at radius 2 is 0.839 bits per heavy atom. The van der Waals surface area contributed by atoms with Gasteiger partial charge in [-0.2, -0.15) is 0 Å². The minimum absolute atomic E-state index is 0.0712. The molecule has 0 bridgehead atoms. The van der Waals surface area contributed by atoms with Crippen LogP contribution in [-0.4, -0.2) is 90.6 Å². The highest BCUT2D eigenvalue weighted by molar-refractivity contribution is 5.80. The fourth-order valence-electron chi connectivity index (χ4n) is 10.3. The second-order valence-electron chi connectivity index (χ2n) is 16.1. The molecule has 62 heavy (non-hydrogen) atoms. The maximum atomic E-state index is 13.6. The van der Waals surface area contributed by atoms with Gasteiger partial charge in [-0.1, -0.05) is 0 Å². The molecule has 0 radical (unpaired) electrons. The van der Waals surface area contributed by atoms with E-state index < -0.39 is 35.9 Å². The maximum absolute atomic E-state index is 13.6. The van der Waals surface area contributed by atoms with Gasteiger partial charge in [-0.05, 0) is 94.8 Å². The van der Waals surface area contributed by atoms with E-state index in [2.05, 4.69) is 0 Å². The maximum Gasteiger partial charge on any atom is 0.310 e. The molecule has 0 aromatic heterocycles. The Kier molecular flexibility index (Phi) is 10.2. The predicted molar refractivity (Wildman–Crippen MR) is 214 cm³/mol. The van der Waals surface area contributed by atoms with Crippen molar-refractivity contribution in [2.75, 3.05) is 68.5 Å². The number of hydrogen-bond acceptors (Lipinski definition) is 16. The van der Waals surface area contributed by atoms with Gasteiger partial charge < -0.3 is 67.1 Å². The summed E-state index contributed by atoms with van der Waals surface area (Å²) < 4.78 is 70.1. The van der Waals surface area contributed by atoms with Crippen LogP contribution in [0.15, 0.2) is 48.5 Å². The lowest BCUT2D eigenvalue weighted by Gasteiger charge is -2.39. The first-order chi connectivity index (χ1) is 30.2. The van der Waals surface area contributed by atoms with Crippen molar-refractivity contribution in [3.63, 3.8) is 0 Å². The summed E-state index contributed by atoms with van der Waals surface area (Å²) in [5.74, 6) is -0.627. The van der Waals surface area contributed by atoms with Crippen LogP contribution in [0, 0.1) is 23.7 Å². The van der Waals surface area contributed by atoms with Gasteiger partial charge in [0.2, 0.25) is 25.1 Å². The van der Waals surface area contributed by atoms with E-state index in [1.807, 2.05) is 24.3 Å². The minimum atomic E-state index is -0.603. The van der Waals surface area contributed by atoms with E-state index in [1.165, 1.54) is 28.4 Å². The highest BCUT2D eigenvalue weighted by Crippen LogP contribution is 2.58. The summed E-state index contributed by atoms with van der Waals surface area (Å²) in [5, 5.41) is 21.4. The van der Waals surface area contributed by atoms with Gasteiger partial charge in [0.05, 0.1) is 65.7 Å². The molecular formula is C46H46O16. The van der Waals surface area contributed by atoms with E-state index in [-0.39, 0.29) is 85.1 Å². The topological polar surface area (TPSA) is 185 Å². The largest absolute Gasteiger partial charge is 0.502 e. The number of carbonyl (C=O) groups is 2. The average molecular weight is 855 g/mol. The normalized spacial score (nSPS) is 25.9. The molecule has 10 rings (SSSR count). The van der Waals surface area contributed by atoms with Crippen LogP contribution < -0.4 is 37.9 Å². The number of phenolic OH excluding ortho intramolecular Hbond substituents is 2. The SMILES string of the molecule is COc1cc([C@@H]2c3cc4c(cc3[C@@H](OCCCCO[C@@H]3c5cc6c(cc5[C@@H](c5cc(OC)c(O)c(OC)c5)[C@H]5C(=O)OC[C@@H]53)OCO6)[C@H]3COC(=O)[C@H]23)OCO4)cc(OC)c1O. The fourth-order valence-corrected chi connectivity index (χ4v) is 10.3. The molecule has 16 nitrogen and oxygen atoms in total. The summed E-state index contributed by atoms with van der Waals surface area (Å²) >= 11 is 0. The van der Waals surface area contributed by atoms with Crippen molar-refractivity contribution in [2.45, 2.75) is 36.9 Å². The van der Waals surface area contributed by atoms with Crippen LogP contribution in [-0.2, 0) is 28.5 Å². The van der Waals surface area contributed by atoms with E-state index in [0.29, 0.717) is 60.2 Å². The molecule has 326 valence electrons. The van der Waals surface area contributed by atoms with Gasteiger partial charge in [-0.15, -0.1) is 0 Å². The van der Waals surface area contributed by atoms with E-state index in [1.54, 1.807) is 24.3 Å². The van der Waals surface area contributed by atoms with E-state index in [4.69, 9.17) is 56.8 Å². The third kappa shape index (κ3) is 6.41. The van der Waals surface area contributed by atoms with E-state index >= 15 is 0 Å². The van der Waals surface area contributed by atoms with Gasteiger partial charge in [-0.3, -0.25) is 9.59 Å². The number of rotatable bonds is 13. The Morgan fingerprint density at radius 1 is 0.500 bits per heavy atom. The molecule has 4 heterocycles. The molecule has 2 aliphatic carbocycles. The summed E-state index contributed by atoms with van der Waals surface area (Å²) in [6.45, 7) is 1.18. The third-order valence-electron chi connectivity index (χ3n) is 13.1. The van der Waals surface area contributed by atoms with Gasteiger partial charge in [0.1, 0.15) is 0 Å². The number of methoxy groups -OCH3 is 4. The van der Waals surface area contributed by atoms with Gasteiger partial charge in [0, 0.05) is 36.9 Å². The lowest BCUT2D eigenvalue weighted by molar-refractivity contribution is -0.142. The first-order valence-electron chi connectivity index (χ1n) is 20.6. The number of carbonyl (C=O) groups excluding carboxylic acids is 2. The zero-order valence-electron chi connectivity index (χ0n) is 34.5. The highest BCUT2D eigenvalue weighted by atomic mass is 16.7. The van der Waals surface area contributed by atoms with Crippen molar-refractivity contribution in [2.24, 2.45) is 23.7 Å². The zero-order chi connectivity index (χ0) is 42.8. The lowest BCUT2D eigenvalue weighted by Crippen LogP contribution is -2.36. The Balaban J connectivity index is 0.894. The second-order valence-corrected chi connectivity index (χ2v) is 16.1. The molecule has 4 aromatic carbocycles. The first kappa shape index (κ1) is 39.9. The van der Waals surface area contributed by atoms with Crippen molar-refractivity contribution in [1.29, 1.82) is 0 Å². The summed E-state index contributed by atoms with van der Waals surface area (Å²) in [7, 11) is 5.84. The quantitative estimate of drug-likeness (QED) is 0.117. The molecular weight excluding hydrogens is 808 g/mol. The van der Waals surface area contributed by atoms with Crippen molar-refractivity contribution < 1.29 is 76.6 Å². The van der Waals surface area contributed by atoms with Crippen LogP contribution in [0.2, 0.25) is 0 Å². The van der Waals surface area contributed by atoms with Gasteiger partial charge >= 0.3 is 11.9 Å². The van der Waals surface area contributed by atoms with E-state index in [9.17, 15) is 19.8 Å². The number of benzene rings is 4. The summed E-state index contributed by atoms with van der Waals surface area (Å²) in [6, 6.07) is 14.5. The monoisotopic (exact) mass is 854 g/mol. The van der Waals surface area contributed by atoms with Crippen LogP contribution in [0.4, 0.5) is 0 Å². The number of cyclic esters (lactones) is 2. The highest BCUT2D eigenvalue weighted by Gasteiger charge is 2.55. The third-order valence-corrected chi connectivity index (χ3v) is 13.1. The molecule has 8 atom stereocenters. The molecule has 0 amide bonds. The molecule has 0 unspecified atom stereocenters. The predicted octanol–water partition coefficient (Wildman–Crippen LogP) is 6.05. The molecule has 2 N–H and O–H groups in total.